The lowest BCUT2D eigenvalue weighted by atomic mass is 9.94. The summed E-state index contributed by atoms with van der Waals surface area (Å²) in [5.41, 5.74) is 3.53. The predicted octanol–water partition coefficient (Wildman–Crippen LogP) is 3.39. The summed E-state index contributed by atoms with van der Waals surface area (Å²) in [5, 5.41) is 2.80. The number of nitrogens with zero attached hydrogens (tertiary/aromatic N) is 2. The minimum Gasteiger partial charge on any atom is -0.490 e. The van der Waals surface area contributed by atoms with Crippen LogP contribution in [0.3, 0.4) is 0 Å². The highest BCUT2D eigenvalue weighted by molar-refractivity contribution is 5.99. The summed E-state index contributed by atoms with van der Waals surface area (Å²) in [7, 11) is 1.78. The van der Waals surface area contributed by atoms with Gasteiger partial charge in [-0.05, 0) is 48.6 Å². The Kier molecular flexibility index (Phi) is 6.96. The number of rotatable bonds is 4. The third kappa shape index (κ3) is 4.95. The summed E-state index contributed by atoms with van der Waals surface area (Å²) < 4.78 is 12.4. The molecule has 0 spiro atoms. The lowest BCUT2D eigenvalue weighted by Crippen LogP contribution is -2.54. The molecule has 0 saturated carbocycles. The number of carbonyl (C=O) groups excluding carboxylic acids is 3. The number of likely N-dealkylation sites (N-methyl/N-ethyl adjacent to an activating group) is 1. The first-order valence-electron chi connectivity index (χ1n) is 12.8. The van der Waals surface area contributed by atoms with Gasteiger partial charge in [0.15, 0.2) is 0 Å². The van der Waals surface area contributed by atoms with Gasteiger partial charge < -0.3 is 24.6 Å². The lowest BCUT2D eigenvalue weighted by Gasteiger charge is -2.42. The van der Waals surface area contributed by atoms with E-state index in [0.29, 0.717) is 42.8 Å². The Labute approximate surface area is 211 Å². The zero-order chi connectivity index (χ0) is 25.2. The van der Waals surface area contributed by atoms with Crippen molar-refractivity contribution in [3.63, 3.8) is 0 Å². The largest absolute Gasteiger partial charge is 0.490 e. The van der Waals surface area contributed by atoms with Crippen LogP contribution in [-0.2, 0) is 27.3 Å². The van der Waals surface area contributed by atoms with E-state index < -0.39 is 0 Å². The van der Waals surface area contributed by atoms with Gasteiger partial charge in [-0.3, -0.25) is 14.4 Å². The lowest BCUT2D eigenvalue weighted by molar-refractivity contribution is -0.143. The fraction of sp³-hybridized carbons (Fsp3) is 0.464. The van der Waals surface area contributed by atoms with Gasteiger partial charge in [0.1, 0.15) is 18.5 Å². The van der Waals surface area contributed by atoms with Gasteiger partial charge in [-0.1, -0.05) is 31.2 Å². The number of amides is 3. The zero-order valence-corrected chi connectivity index (χ0v) is 20.9. The molecular weight excluding hydrogens is 458 g/mol. The summed E-state index contributed by atoms with van der Waals surface area (Å²) in [6, 6.07) is 13.3. The van der Waals surface area contributed by atoms with E-state index in [0.717, 1.165) is 19.4 Å². The van der Waals surface area contributed by atoms with Crippen LogP contribution in [0.1, 0.15) is 54.1 Å². The molecule has 3 amide bonds. The van der Waals surface area contributed by atoms with Gasteiger partial charge >= 0.3 is 0 Å². The smallest absolute Gasteiger partial charge is 0.257 e. The second kappa shape index (κ2) is 10.3. The highest BCUT2D eigenvalue weighted by Gasteiger charge is 2.39. The average Bonchev–Trinajstić information content (AvgIpc) is 2.90. The molecule has 1 fully saturated rings. The standard InChI is InChI=1S/C28H33N3O5/c1-3-26(32)29-20-8-11-24-22(14-20)28(34)30(2)23-10-9-21(36-25(23)17-35-24)15-27(33)31-13-12-18-6-4-5-7-19(18)16-31/h4-8,11,14,21,23,25H,3,9-10,12-13,15-17H2,1-2H3,(H,29,32)/t21-,23-,25-/m1/s1. The van der Waals surface area contributed by atoms with E-state index in [9.17, 15) is 14.4 Å². The van der Waals surface area contributed by atoms with E-state index in [4.69, 9.17) is 9.47 Å². The fourth-order valence-corrected chi connectivity index (χ4v) is 5.39. The number of fused-ring (bicyclic) bond motifs is 3. The molecule has 5 rings (SSSR count). The predicted molar refractivity (Wildman–Crippen MR) is 135 cm³/mol. The molecule has 1 N–H and O–H groups in total. The van der Waals surface area contributed by atoms with Crippen molar-refractivity contribution < 1.29 is 23.9 Å². The number of carbonyl (C=O) groups is 3. The number of benzene rings is 2. The topological polar surface area (TPSA) is 88.2 Å². The number of anilines is 1. The minimum atomic E-state index is -0.319. The summed E-state index contributed by atoms with van der Waals surface area (Å²) in [6.45, 7) is 3.44. The Hall–Kier alpha value is -3.39. The molecule has 0 radical (unpaired) electrons. The maximum absolute atomic E-state index is 13.3. The Morgan fingerprint density at radius 1 is 1.11 bits per heavy atom. The van der Waals surface area contributed by atoms with Crippen molar-refractivity contribution in [3.05, 3.63) is 59.2 Å². The molecule has 0 unspecified atom stereocenters. The van der Waals surface area contributed by atoms with E-state index >= 15 is 0 Å². The van der Waals surface area contributed by atoms with Crippen molar-refractivity contribution in [1.82, 2.24) is 9.80 Å². The van der Waals surface area contributed by atoms with Crippen LogP contribution < -0.4 is 10.1 Å². The second-order valence-electron chi connectivity index (χ2n) is 9.82. The molecule has 1 saturated heterocycles. The first-order valence-corrected chi connectivity index (χ1v) is 12.8. The highest BCUT2D eigenvalue weighted by atomic mass is 16.5. The van der Waals surface area contributed by atoms with Gasteiger partial charge in [0.25, 0.3) is 5.91 Å². The molecule has 8 heteroatoms. The molecular formula is C28H33N3O5. The molecule has 36 heavy (non-hydrogen) atoms. The van der Waals surface area contributed by atoms with Crippen LogP contribution in [0, 0.1) is 0 Å². The Morgan fingerprint density at radius 3 is 2.72 bits per heavy atom. The summed E-state index contributed by atoms with van der Waals surface area (Å²) >= 11 is 0. The van der Waals surface area contributed by atoms with Gasteiger partial charge in [0, 0.05) is 32.2 Å². The molecule has 3 atom stereocenters. The summed E-state index contributed by atoms with van der Waals surface area (Å²) in [6.07, 6.45) is 2.49. The van der Waals surface area contributed by atoms with Gasteiger partial charge in [-0.25, -0.2) is 0 Å². The van der Waals surface area contributed by atoms with Crippen LogP contribution in [0.5, 0.6) is 5.75 Å². The molecule has 3 heterocycles. The zero-order valence-electron chi connectivity index (χ0n) is 20.9. The monoisotopic (exact) mass is 491 g/mol. The highest BCUT2D eigenvalue weighted by Crippen LogP contribution is 2.33. The van der Waals surface area contributed by atoms with Crippen LogP contribution in [0.25, 0.3) is 0 Å². The van der Waals surface area contributed by atoms with Crippen molar-refractivity contribution in [2.45, 2.75) is 63.8 Å². The number of nitrogens with one attached hydrogen (secondary N) is 1. The Balaban J connectivity index is 1.24. The van der Waals surface area contributed by atoms with Crippen LogP contribution in [0.2, 0.25) is 0 Å². The van der Waals surface area contributed by atoms with Crippen LogP contribution in [0.15, 0.2) is 42.5 Å². The van der Waals surface area contributed by atoms with Crippen molar-refractivity contribution in [1.29, 1.82) is 0 Å². The molecule has 0 aromatic heterocycles. The van der Waals surface area contributed by atoms with E-state index in [1.807, 2.05) is 17.0 Å². The summed E-state index contributed by atoms with van der Waals surface area (Å²) in [4.78, 5) is 41.9. The van der Waals surface area contributed by atoms with Crippen LogP contribution >= 0.6 is 0 Å². The first-order chi connectivity index (χ1) is 17.4. The molecule has 0 aliphatic carbocycles. The Morgan fingerprint density at radius 2 is 1.92 bits per heavy atom. The molecule has 3 aliphatic rings. The van der Waals surface area contributed by atoms with E-state index in [1.165, 1.54) is 11.1 Å². The van der Waals surface area contributed by atoms with Gasteiger partial charge in [0.2, 0.25) is 11.8 Å². The maximum atomic E-state index is 13.3. The maximum Gasteiger partial charge on any atom is 0.257 e. The van der Waals surface area contributed by atoms with Crippen molar-refractivity contribution in [2.24, 2.45) is 0 Å². The van der Waals surface area contributed by atoms with E-state index in [-0.39, 0.29) is 42.6 Å². The SMILES string of the molecule is CCC(=O)Nc1ccc2c(c1)C(=O)N(C)[C@@H]1CC[C@H](CC(=O)N3CCc4ccccc4C3)O[C@@H]1CO2. The van der Waals surface area contributed by atoms with Crippen LogP contribution in [-0.4, -0.2) is 66.0 Å². The minimum absolute atomic E-state index is 0.108. The first kappa shape index (κ1) is 24.3. The molecule has 2 aromatic rings. The van der Waals surface area contributed by atoms with E-state index in [1.54, 1.807) is 37.1 Å². The third-order valence-electron chi connectivity index (χ3n) is 7.50. The van der Waals surface area contributed by atoms with Crippen molar-refractivity contribution in [3.8, 4) is 5.75 Å². The quantitative estimate of drug-likeness (QED) is 0.708. The van der Waals surface area contributed by atoms with Gasteiger partial charge in [-0.2, -0.15) is 0 Å². The number of ether oxygens (including phenoxy) is 2. The number of hydrogen-bond acceptors (Lipinski definition) is 5. The molecule has 8 nitrogen and oxygen atoms in total. The van der Waals surface area contributed by atoms with Gasteiger partial charge in [-0.15, -0.1) is 0 Å². The van der Waals surface area contributed by atoms with Crippen molar-refractivity contribution in [2.75, 3.05) is 25.5 Å². The molecule has 3 aliphatic heterocycles. The normalized spacial score (nSPS) is 23.4. The van der Waals surface area contributed by atoms with Crippen LogP contribution in [0.4, 0.5) is 5.69 Å². The molecule has 190 valence electrons. The number of hydrogen-bond donors (Lipinski definition) is 1. The summed E-state index contributed by atoms with van der Waals surface area (Å²) in [5.74, 6) is 0.291. The Bertz CT molecular complexity index is 1170. The third-order valence-corrected chi connectivity index (χ3v) is 7.50. The second-order valence-corrected chi connectivity index (χ2v) is 9.82. The van der Waals surface area contributed by atoms with E-state index in [2.05, 4.69) is 17.4 Å². The molecule has 2 aromatic carbocycles. The van der Waals surface area contributed by atoms with Crippen molar-refractivity contribution >= 4 is 23.4 Å². The fourth-order valence-electron chi connectivity index (χ4n) is 5.39. The van der Waals surface area contributed by atoms with Gasteiger partial charge in [0.05, 0.1) is 24.1 Å². The molecule has 0 bridgehead atoms. The average molecular weight is 492 g/mol.